The normalized spacial score (nSPS) is 20.3. The molecular weight excluding hydrogens is 632 g/mol. The van der Waals surface area contributed by atoms with E-state index in [9.17, 15) is 29.1 Å². The predicted molar refractivity (Wildman–Crippen MR) is 182 cm³/mol. The monoisotopic (exact) mass is 682 g/mol. The highest BCUT2D eigenvalue weighted by Gasteiger charge is 2.30. The van der Waals surface area contributed by atoms with Crippen molar-refractivity contribution in [2.24, 2.45) is 5.92 Å². The fourth-order valence-electron chi connectivity index (χ4n) is 5.30. The molecule has 3 heterocycles. The molecule has 268 valence electrons. The molecule has 0 aliphatic carbocycles. The number of pyridine rings is 1. The third kappa shape index (κ3) is 13.0. The van der Waals surface area contributed by atoms with E-state index in [0.717, 1.165) is 5.56 Å². The number of methoxy groups -OCH3 is 1. The number of aliphatic hydroxyl groups is 1. The Hall–Kier alpha value is -4.72. The van der Waals surface area contributed by atoms with Gasteiger partial charge in [0.1, 0.15) is 12.1 Å². The number of carbonyl (C=O) groups excluding carboxylic acids is 5. The number of carbonyl (C=O) groups is 5. The average Bonchev–Trinajstić information content (AvgIpc) is 3.08. The second-order valence-electron chi connectivity index (χ2n) is 12.5. The molecule has 0 unspecified atom stereocenters. The summed E-state index contributed by atoms with van der Waals surface area (Å²) in [6.45, 7) is 6.34. The van der Waals surface area contributed by atoms with Crippen molar-refractivity contribution in [3.8, 4) is 11.5 Å². The molecule has 1 aromatic carbocycles. The lowest BCUT2D eigenvalue weighted by molar-refractivity contribution is -0.134. The van der Waals surface area contributed by atoms with Gasteiger partial charge in [0.05, 0.1) is 18.8 Å². The summed E-state index contributed by atoms with van der Waals surface area (Å²) in [5.74, 6) is -1.19. The summed E-state index contributed by atoms with van der Waals surface area (Å²) >= 11 is 0. The first-order chi connectivity index (χ1) is 23.5. The van der Waals surface area contributed by atoms with Crippen LogP contribution in [0.1, 0.15) is 68.8 Å². The van der Waals surface area contributed by atoms with Crippen LogP contribution in [0.25, 0.3) is 0 Å². The number of nitrogens with zero attached hydrogens (tertiary/aromatic N) is 2. The number of hydrogen-bond acceptors (Lipinski definition) is 9. The molecule has 14 nitrogen and oxygen atoms in total. The maximum absolute atomic E-state index is 13.3. The molecule has 0 fully saturated rings. The molecule has 2 bridgehead atoms. The van der Waals surface area contributed by atoms with Crippen LogP contribution in [0, 0.1) is 5.92 Å². The van der Waals surface area contributed by atoms with E-state index >= 15 is 0 Å². The standard InChI is InChI=1S/C35H50N6O8/c1-23(2)19-27-33(45)40-32(24(3)42)34(46)38-15-5-6-17-41(35(47)26-9-7-14-36-21-26)18-8-16-37-31(44)22-49-28-12-10-25(20-29(28)48-4)11-13-30(43)39-27/h7,9-10,12,14,20-21,23-24,27,32,42H,5-6,8,11,13,15-19,22H2,1-4H3,(H,37,44)(H,38,46)(H,39,43)(H,40,45)/t24-,27-,32+/m1/s1. The second kappa shape index (κ2) is 19.9. The van der Waals surface area contributed by atoms with Crippen molar-refractivity contribution < 1.29 is 38.6 Å². The zero-order valence-corrected chi connectivity index (χ0v) is 28.8. The number of rotatable bonds is 5. The Kier molecular flexibility index (Phi) is 15.8. The minimum Gasteiger partial charge on any atom is -0.493 e. The third-order valence-corrected chi connectivity index (χ3v) is 7.93. The number of amides is 5. The fraction of sp³-hybridized carbons (Fsp3) is 0.543. The van der Waals surface area contributed by atoms with E-state index in [2.05, 4.69) is 26.3 Å². The van der Waals surface area contributed by atoms with Crippen molar-refractivity contribution in [2.75, 3.05) is 39.9 Å². The highest BCUT2D eigenvalue weighted by atomic mass is 16.5. The smallest absolute Gasteiger partial charge is 0.257 e. The van der Waals surface area contributed by atoms with Gasteiger partial charge in [0.2, 0.25) is 17.7 Å². The van der Waals surface area contributed by atoms with Gasteiger partial charge in [-0.1, -0.05) is 19.9 Å². The first-order valence-corrected chi connectivity index (χ1v) is 16.8. The maximum Gasteiger partial charge on any atom is 0.257 e. The number of aromatic nitrogens is 1. The number of fused-ring (bicyclic) bond motifs is 23. The van der Waals surface area contributed by atoms with E-state index in [1.807, 2.05) is 13.8 Å². The van der Waals surface area contributed by atoms with E-state index in [1.165, 1.54) is 20.2 Å². The molecule has 5 amide bonds. The van der Waals surface area contributed by atoms with Crippen LogP contribution in [-0.2, 0) is 25.6 Å². The predicted octanol–water partition coefficient (Wildman–Crippen LogP) is 1.36. The van der Waals surface area contributed by atoms with Crippen LogP contribution < -0.4 is 30.7 Å². The highest BCUT2D eigenvalue weighted by Crippen LogP contribution is 2.28. The van der Waals surface area contributed by atoms with Gasteiger partial charge in [0.15, 0.2) is 18.1 Å². The summed E-state index contributed by atoms with van der Waals surface area (Å²) in [6.07, 6.45) is 4.22. The molecule has 3 atom stereocenters. The van der Waals surface area contributed by atoms with E-state index in [-0.39, 0.29) is 43.2 Å². The van der Waals surface area contributed by atoms with Crippen molar-refractivity contribution in [2.45, 2.75) is 77.5 Å². The van der Waals surface area contributed by atoms with E-state index < -0.39 is 30.0 Å². The molecule has 2 aromatic rings. The Morgan fingerprint density at radius 1 is 0.980 bits per heavy atom. The van der Waals surface area contributed by atoms with Crippen LogP contribution in [0.4, 0.5) is 0 Å². The van der Waals surface area contributed by atoms with Crippen LogP contribution in [0.5, 0.6) is 11.5 Å². The van der Waals surface area contributed by atoms with Gasteiger partial charge in [0, 0.05) is 45.0 Å². The molecule has 14 heteroatoms. The molecule has 0 spiro atoms. The first kappa shape index (κ1) is 38.7. The molecule has 2 aliphatic rings. The molecule has 5 N–H and O–H groups in total. The lowest BCUT2D eigenvalue weighted by Crippen LogP contribution is -2.57. The zero-order valence-electron chi connectivity index (χ0n) is 28.8. The topological polar surface area (TPSA) is 188 Å². The van der Waals surface area contributed by atoms with Gasteiger partial charge in [-0.05, 0) is 74.8 Å². The van der Waals surface area contributed by atoms with Crippen molar-refractivity contribution >= 4 is 29.5 Å². The van der Waals surface area contributed by atoms with Crippen LogP contribution in [0.2, 0.25) is 0 Å². The van der Waals surface area contributed by atoms with Gasteiger partial charge < -0.3 is 40.7 Å². The zero-order chi connectivity index (χ0) is 35.8. The lowest BCUT2D eigenvalue weighted by Gasteiger charge is -2.26. The summed E-state index contributed by atoms with van der Waals surface area (Å²) in [5.41, 5.74) is 1.22. The second-order valence-corrected chi connectivity index (χ2v) is 12.5. The minimum atomic E-state index is -1.23. The first-order valence-electron chi connectivity index (χ1n) is 16.8. The van der Waals surface area contributed by atoms with Crippen LogP contribution in [-0.4, -0.2) is 103 Å². The lowest BCUT2D eigenvalue weighted by atomic mass is 10.0. The fourth-order valence-corrected chi connectivity index (χ4v) is 5.30. The van der Waals surface area contributed by atoms with Crippen molar-refractivity contribution in [1.82, 2.24) is 31.2 Å². The average molecular weight is 683 g/mol. The largest absolute Gasteiger partial charge is 0.493 e. The number of aliphatic hydroxyl groups excluding tert-OH is 1. The number of hydrogen-bond donors (Lipinski definition) is 5. The number of nitrogens with one attached hydrogen (secondary N) is 4. The van der Waals surface area contributed by atoms with E-state index in [1.54, 1.807) is 41.4 Å². The van der Waals surface area contributed by atoms with Gasteiger partial charge in [-0.2, -0.15) is 0 Å². The highest BCUT2D eigenvalue weighted by molar-refractivity contribution is 5.94. The molecule has 4 rings (SSSR count). The quantitative estimate of drug-likeness (QED) is 0.290. The molecule has 49 heavy (non-hydrogen) atoms. The summed E-state index contributed by atoms with van der Waals surface area (Å²) in [6, 6.07) is 6.39. The Morgan fingerprint density at radius 3 is 2.43 bits per heavy atom. The molecule has 0 saturated heterocycles. The Morgan fingerprint density at radius 2 is 1.73 bits per heavy atom. The molecular formula is C35H50N6O8. The molecule has 1 aromatic heterocycles. The van der Waals surface area contributed by atoms with Crippen LogP contribution in [0.15, 0.2) is 42.7 Å². The van der Waals surface area contributed by atoms with Gasteiger partial charge in [-0.25, -0.2) is 0 Å². The number of benzene rings is 1. The van der Waals surface area contributed by atoms with Crippen LogP contribution in [0.3, 0.4) is 0 Å². The Balaban J connectivity index is 1.78. The SMILES string of the molecule is COc1cc2ccc1OCC(=O)NCCCN(C(=O)c1cccnc1)CCCCNC(=O)[C@H]([C@@H](C)O)NC(=O)[C@@H](CC(C)C)NC(=O)CC2. The maximum atomic E-state index is 13.3. The number of ether oxygens (including phenoxy) is 2. The van der Waals surface area contributed by atoms with Crippen molar-refractivity contribution in [3.63, 3.8) is 0 Å². The molecule has 2 aliphatic heterocycles. The van der Waals surface area contributed by atoms with Crippen molar-refractivity contribution in [3.05, 3.63) is 53.9 Å². The summed E-state index contributed by atoms with van der Waals surface area (Å²) in [5, 5.41) is 21.4. The van der Waals surface area contributed by atoms with Crippen molar-refractivity contribution in [1.29, 1.82) is 0 Å². The summed E-state index contributed by atoms with van der Waals surface area (Å²) in [4.78, 5) is 70.8. The molecule has 0 radical (unpaired) electrons. The Bertz CT molecular complexity index is 1400. The third-order valence-electron chi connectivity index (χ3n) is 7.93. The number of aryl methyl sites for hydroxylation is 1. The van der Waals surface area contributed by atoms with Gasteiger partial charge in [-0.15, -0.1) is 0 Å². The van der Waals surface area contributed by atoms with Crippen LogP contribution >= 0.6 is 0 Å². The molecule has 0 saturated carbocycles. The van der Waals surface area contributed by atoms with E-state index in [0.29, 0.717) is 68.8 Å². The van der Waals surface area contributed by atoms with Gasteiger partial charge in [-0.3, -0.25) is 29.0 Å². The van der Waals surface area contributed by atoms with Gasteiger partial charge in [0.25, 0.3) is 11.8 Å². The Labute approximate surface area is 287 Å². The van der Waals surface area contributed by atoms with Gasteiger partial charge >= 0.3 is 0 Å². The summed E-state index contributed by atoms with van der Waals surface area (Å²) < 4.78 is 11.2. The summed E-state index contributed by atoms with van der Waals surface area (Å²) in [7, 11) is 1.48. The van der Waals surface area contributed by atoms with E-state index in [4.69, 9.17) is 9.47 Å². The minimum absolute atomic E-state index is 0.0544.